The molecule has 0 radical (unpaired) electrons. The number of aliphatic hydroxyl groups excluding tert-OH is 1. The van der Waals surface area contributed by atoms with Crippen molar-refractivity contribution in [2.24, 2.45) is 5.92 Å². The first-order valence-corrected chi connectivity index (χ1v) is 11.5. The number of Topliss-reactive ketones (excluding diaryl/α,β-unsaturated/α-hetero) is 1. The maximum atomic E-state index is 12.9. The SMILES string of the molecule is O=C(NC(CO)C(=O)CC(Cc1ccc(O)cc1)C(=O)OCc1ccccc1)OCc1ccccc1. The lowest BCUT2D eigenvalue weighted by Crippen LogP contribution is -2.44. The Bertz CT molecular complexity index is 1120. The van der Waals surface area contributed by atoms with E-state index in [2.05, 4.69) is 5.32 Å². The molecule has 3 N–H and O–H groups in total. The number of carbonyl (C=O) groups excluding carboxylic acids is 3. The van der Waals surface area contributed by atoms with Gasteiger partial charge in [-0.15, -0.1) is 0 Å². The van der Waals surface area contributed by atoms with Gasteiger partial charge in [-0.1, -0.05) is 72.8 Å². The number of hydrogen-bond donors (Lipinski definition) is 3. The molecule has 8 nitrogen and oxygen atoms in total. The zero-order valence-corrected chi connectivity index (χ0v) is 19.7. The van der Waals surface area contributed by atoms with E-state index >= 15 is 0 Å². The fraction of sp³-hybridized carbons (Fsp3) is 0.250. The molecule has 0 heterocycles. The number of esters is 1. The number of nitrogens with one attached hydrogen (secondary N) is 1. The van der Waals surface area contributed by atoms with Crippen LogP contribution in [0.4, 0.5) is 4.79 Å². The van der Waals surface area contributed by atoms with E-state index in [1.54, 1.807) is 24.3 Å². The molecule has 3 rings (SSSR count). The van der Waals surface area contributed by atoms with Gasteiger partial charge in [-0.25, -0.2) is 4.79 Å². The number of aromatic hydroxyl groups is 1. The molecule has 0 bridgehead atoms. The van der Waals surface area contributed by atoms with Gasteiger partial charge in [0.2, 0.25) is 0 Å². The predicted molar refractivity (Wildman–Crippen MR) is 132 cm³/mol. The van der Waals surface area contributed by atoms with Gasteiger partial charge in [0.25, 0.3) is 0 Å². The number of phenolic OH excluding ortho intramolecular Hbond substituents is 1. The molecule has 188 valence electrons. The van der Waals surface area contributed by atoms with Crippen LogP contribution in [0.5, 0.6) is 5.75 Å². The lowest BCUT2D eigenvalue weighted by Gasteiger charge is -2.20. The van der Waals surface area contributed by atoms with Gasteiger partial charge in [0, 0.05) is 6.42 Å². The second-order valence-electron chi connectivity index (χ2n) is 8.27. The Balaban J connectivity index is 1.62. The molecule has 0 aromatic heterocycles. The molecule has 0 saturated heterocycles. The van der Waals surface area contributed by atoms with Crippen LogP contribution in [0.25, 0.3) is 0 Å². The van der Waals surface area contributed by atoms with Crippen molar-refractivity contribution in [2.45, 2.75) is 32.1 Å². The second kappa shape index (κ2) is 13.7. The van der Waals surface area contributed by atoms with Crippen LogP contribution < -0.4 is 5.32 Å². The fourth-order valence-corrected chi connectivity index (χ4v) is 3.52. The van der Waals surface area contributed by atoms with Gasteiger partial charge in [0.1, 0.15) is 25.0 Å². The smallest absolute Gasteiger partial charge is 0.408 e. The van der Waals surface area contributed by atoms with E-state index in [9.17, 15) is 24.6 Å². The van der Waals surface area contributed by atoms with Crippen LogP contribution in [0, 0.1) is 5.92 Å². The Kier molecular flexibility index (Phi) is 10.0. The Morgan fingerprint density at radius 2 is 1.31 bits per heavy atom. The van der Waals surface area contributed by atoms with E-state index in [0.717, 1.165) is 16.7 Å². The number of amides is 1. The van der Waals surface area contributed by atoms with Crippen LogP contribution in [0.1, 0.15) is 23.1 Å². The van der Waals surface area contributed by atoms with Gasteiger partial charge in [0.05, 0.1) is 12.5 Å². The predicted octanol–water partition coefficient (Wildman–Crippen LogP) is 3.54. The first kappa shape index (κ1) is 26.4. The molecule has 0 fully saturated rings. The van der Waals surface area contributed by atoms with E-state index in [4.69, 9.17) is 9.47 Å². The third-order valence-electron chi connectivity index (χ3n) is 5.50. The topological polar surface area (TPSA) is 122 Å². The number of ether oxygens (including phenoxy) is 2. The quantitative estimate of drug-likeness (QED) is 0.331. The molecular weight excluding hydrogens is 462 g/mol. The van der Waals surface area contributed by atoms with Gasteiger partial charge in [0.15, 0.2) is 5.78 Å². The number of rotatable bonds is 12. The van der Waals surface area contributed by atoms with Crippen molar-refractivity contribution in [3.63, 3.8) is 0 Å². The zero-order chi connectivity index (χ0) is 25.8. The van der Waals surface area contributed by atoms with E-state index < -0.39 is 36.4 Å². The number of phenols is 1. The molecule has 0 saturated carbocycles. The van der Waals surface area contributed by atoms with Crippen LogP contribution in [0.2, 0.25) is 0 Å². The Labute approximate surface area is 209 Å². The van der Waals surface area contributed by atoms with Gasteiger partial charge in [-0.2, -0.15) is 0 Å². The van der Waals surface area contributed by atoms with E-state index in [1.807, 2.05) is 48.5 Å². The summed E-state index contributed by atoms with van der Waals surface area (Å²) in [6, 6.07) is 23.2. The minimum atomic E-state index is -1.24. The summed E-state index contributed by atoms with van der Waals surface area (Å²) in [6.45, 7) is -0.591. The van der Waals surface area contributed by atoms with E-state index in [1.165, 1.54) is 12.1 Å². The average molecular weight is 492 g/mol. The highest BCUT2D eigenvalue weighted by Gasteiger charge is 2.29. The number of benzene rings is 3. The van der Waals surface area contributed by atoms with Gasteiger partial charge in [-0.05, 0) is 35.2 Å². The monoisotopic (exact) mass is 491 g/mol. The minimum Gasteiger partial charge on any atom is -0.508 e. The van der Waals surface area contributed by atoms with Gasteiger partial charge < -0.3 is 25.0 Å². The first-order chi connectivity index (χ1) is 17.4. The maximum Gasteiger partial charge on any atom is 0.408 e. The van der Waals surface area contributed by atoms with Crippen molar-refractivity contribution < 1.29 is 34.1 Å². The zero-order valence-electron chi connectivity index (χ0n) is 19.7. The minimum absolute atomic E-state index is 0.00824. The van der Waals surface area contributed by atoms with Gasteiger partial charge in [-0.3, -0.25) is 9.59 Å². The van der Waals surface area contributed by atoms with Crippen molar-refractivity contribution in [3.05, 3.63) is 102 Å². The summed E-state index contributed by atoms with van der Waals surface area (Å²) in [5, 5.41) is 21.6. The molecule has 0 aliphatic rings. The summed E-state index contributed by atoms with van der Waals surface area (Å²) in [7, 11) is 0. The molecule has 2 unspecified atom stereocenters. The lowest BCUT2D eigenvalue weighted by molar-refractivity contribution is -0.151. The summed E-state index contributed by atoms with van der Waals surface area (Å²) in [5.74, 6) is -1.89. The third kappa shape index (κ3) is 8.56. The standard InChI is InChI=1S/C28H29NO7/c30-17-25(29-28(34)36-19-22-9-5-2-6-10-22)26(32)16-23(15-20-11-13-24(31)14-12-20)27(33)35-18-21-7-3-1-4-8-21/h1-14,23,25,30-31H,15-19H2,(H,29,34). The number of ketones is 1. The molecule has 0 aliphatic heterocycles. The summed E-state index contributed by atoms with van der Waals surface area (Å²) >= 11 is 0. The van der Waals surface area contributed by atoms with Crippen molar-refractivity contribution in [2.75, 3.05) is 6.61 Å². The molecule has 3 aromatic rings. The normalized spacial score (nSPS) is 12.2. The second-order valence-corrected chi connectivity index (χ2v) is 8.27. The average Bonchev–Trinajstić information content (AvgIpc) is 2.91. The lowest BCUT2D eigenvalue weighted by atomic mass is 9.92. The van der Waals surface area contributed by atoms with Crippen LogP contribution in [0.3, 0.4) is 0 Å². The molecule has 0 aliphatic carbocycles. The van der Waals surface area contributed by atoms with Crippen molar-refractivity contribution in [3.8, 4) is 5.75 Å². The highest BCUT2D eigenvalue weighted by Crippen LogP contribution is 2.19. The Morgan fingerprint density at radius 3 is 1.86 bits per heavy atom. The Morgan fingerprint density at radius 1 is 0.750 bits per heavy atom. The van der Waals surface area contributed by atoms with Crippen LogP contribution in [0.15, 0.2) is 84.9 Å². The van der Waals surface area contributed by atoms with E-state index in [0.29, 0.717) is 0 Å². The maximum absolute atomic E-state index is 12.9. The molecule has 3 aromatic carbocycles. The molecule has 8 heteroatoms. The van der Waals surface area contributed by atoms with E-state index in [-0.39, 0.29) is 31.8 Å². The molecule has 0 spiro atoms. The molecular formula is C28H29NO7. The van der Waals surface area contributed by atoms with Crippen molar-refractivity contribution in [1.29, 1.82) is 0 Å². The summed E-state index contributed by atoms with van der Waals surface area (Å²) in [6.07, 6.45) is -0.942. The third-order valence-corrected chi connectivity index (χ3v) is 5.50. The fourth-order valence-electron chi connectivity index (χ4n) is 3.52. The number of hydrogen-bond acceptors (Lipinski definition) is 7. The largest absolute Gasteiger partial charge is 0.508 e. The van der Waals surface area contributed by atoms with Crippen molar-refractivity contribution >= 4 is 17.8 Å². The molecule has 1 amide bonds. The van der Waals surface area contributed by atoms with Crippen LogP contribution in [-0.4, -0.2) is 40.7 Å². The number of aliphatic hydroxyl groups is 1. The van der Waals surface area contributed by atoms with Crippen LogP contribution >= 0.6 is 0 Å². The van der Waals surface area contributed by atoms with Gasteiger partial charge >= 0.3 is 12.1 Å². The summed E-state index contributed by atoms with van der Waals surface area (Å²) in [4.78, 5) is 38.0. The van der Waals surface area contributed by atoms with Crippen LogP contribution in [-0.2, 0) is 38.7 Å². The highest BCUT2D eigenvalue weighted by atomic mass is 16.5. The Hall–Kier alpha value is -4.17. The summed E-state index contributed by atoms with van der Waals surface area (Å²) in [5.41, 5.74) is 2.30. The van der Waals surface area contributed by atoms with Crippen molar-refractivity contribution in [1.82, 2.24) is 5.32 Å². The number of alkyl carbamates (subject to hydrolysis) is 1. The number of carbonyl (C=O) groups is 3. The summed E-state index contributed by atoms with van der Waals surface area (Å²) < 4.78 is 10.6. The molecule has 2 atom stereocenters. The molecule has 36 heavy (non-hydrogen) atoms. The first-order valence-electron chi connectivity index (χ1n) is 11.5. The highest BCUT2D eigenvalue weighted by molar-refractivity contribution is 5.90.